The first-order valence-electron chi connectivity index (χ1n) is 4.60. The predicted molar refractivity (Wildman–Crippen MR) is 60.9 cm³/mol. The Morgan fingerprint density at radius 1 is 1.44 bits per heavy atom. The molecule has 2 N–H and O–H groups in total. The van der Waals surface area contributed by atoms with Crippen molar-refractivity contribution in [2.75, 3.05) is 0 Å². The third kappa shape index (κ3) is 1.92. The topological polar surface area (TPSA) is 70.2 Å². The molecule has 4 nitrogen and oxygen atoms in total. The molecule has 1 aromatic carbocycles. The second kappa shape index (κ2) is 3.98. The van der Waals surface area contributed by atoms with Gasteiger partial charge in [-0.25, -0.2) is 0 Å². The van der Waals surface area contributed by atoms with Crippen LogP contribution >= 0.6 is 11.6 Å². The molecule has 0 aliphatic rings. The molecule has 1 heterocycles. The number of carboxylic acid groups (broad SMARTS) is 1. The molecule has 0 fully saturated rings. The number of aliphatic carboxylic acids is 1. The summed E-state index contributed by atoms with van der Waals surface area (Å²) in [4.78, 5) is 24.7. The smallest absolute Gasteiger partial charge is 0.308 e. The van der Waals surface area contributed by atoms with Crippen molar-refractivity contribution in [1.29, 1.82) is 0 Å². The Labute approximate surface area is 95.5 Å². The van der Waals surface area contributed by atoms with Gasteiger partial charge in [0.25, 0.3) is 5.56 Å². The highest BCUT2D eigenvalue weighted by molar-refractivity contribution is 6.35. The number of para-hydroxylation sites is 1. The summed E-state index contributed by atoms with van der Waals surface area (Å²) in [5.41, 5.74) is 0.341. The molecule has 2 rings (SSSR count). The fourth-order valence-corrected chi connectivity index (χ4v) is 1.76. The van der Waals surface area contributed by atoms with Crippen molar-refractivity contribution in [3.8, 4) is 0 Å². The van der Waals surface area contributed by atoms with Crippen LogP contribution in [-0.4, -0.2) is 16.1 Å². The Morgan fingerprint density at radius 2 is 2.19 bits per heavy atom. The zero-order valence-corrected chi connectivity index (χ0v) is 8.91. The van der Waals surface area contributed by atoms with E-state index in [0.717, 1.165) is 5.39 Å². The molecule has 0 unspecified atom stereocenters. The number of hydrogen-bond acceptors (Lipinski definition) is 2. The van der Waals surface area contributed by atoms with Crippen LogP contribution in [0.1, 0.15) is 5.56 Å². The van der Waals surface area contributed by atoms with Gasteiger partial charge in [-0.05, 0) is 12.1 Å². The van der Waals surface area contributed by atoms with Gasteiger partial charge in [-0.15, -0.1) is 0 Å². The summed E-state index contributed by atoms with van der Waals surface area (Å²) in [5, 5.41) is 9.81. The maximum absolute atomic E-state index is 11.5. The Hall–Kier alpha value is -1.81. The number of H-pyrrole nitrogens is 1. The van der Waals surface area contributed by atoms with Crippen LogP contribution in [0.3, 0.4) is 0 Å². The van der Waals surface area contributed by atoms with Crippen LogP contribution in [0.5, 0.6) is 0 Å². The van der Waals surface area contributed by atoms with E-state index in [4.69, 9.17) is 16.7 Å². The Balaban J connectivity index is 2.68. The summed E-state index contributed by atoms with van der Waals surface area (Å²) in [6.45, 7) is 0. The molecule has 2 aromatic rings. The number of carboxylic acids is 1. The van der Waals surface area contributed by atoms with Gasteiger partial charge in [-0.2, -0.15) is 0 Å². The largest absolute Gasteiger partial charge is 0.481 e. The van der Waals surface area contributed by atoms with E-state index in [1.54, 1.807) is 24.3 Å². The van der Waals surface area contributed by atoms with E-state index < -0.39 is 11.5 Å². The molecule has 0 atom stereocenters. The minimum absolute atomic E-state index is 0.224. The van der Waals surface area contributed by atoms with Crippen molar-refractivity contribution in [2.24, 2.45) is 0 Å². The van der Waals surface area contributed by atoms with E-state index >= 15 is 0 Å². The number of nitrogens with one attached hydrogen (secondary N) is 1. The molecule has 1 aromatic heterocycles. The maximum Gasteiger partial charge on any atom is 0.308 e. The molecular formula is C11H8ClNO3. The van der Waals surface area contributed by atoms with Gasteiger partial charge in [0, 0.05) is 10.9 Å². The lowest BCUT2D eigenvalue weighted by atomic mass is 10.1. The number of fused-ring (bicyclic) bond motifs is 1. The summed E-state index contributed by atoms with van der Waals surface area (Å²) in [6, 6.07) is 6.72. The van der Waals surface area contributed by atoms with Crippen molar-refractivity contribution < 1.29 is 9.90 Å². The lowest BCUT2D eigenvalue weighted by molar-refractivity contribution is -0.136. The van der Waals surface area contributed by atoms with Crippen LogP contribution in [-0.2, 0) is 11.2 Å². The number of carbonyl (C=O) groups is 1. The molecule has 0 saturated heterocycles. The molecule has 0 aliphatic carbocycles. The molecule has 16 heavy (non-hydrogen) atoms. The highest BCUT2D eigenvalue weighted by Gasteiger charge is 2.08. The van der Waals surface area contributed by atoms with E-state index in [2.05, 4.69) is 4.98 Å². The first-order chi connectivity index (χ1) is 7.58. The average molecular weight is 238 g/mol. The second-order valence-corrected chi connectivity index (χ2v) is 3.81. The quantitative estimate of drug-likeness (QED) is 0.837. The molecule has 5 heteroatoms. The van der Waals surface area contributed by atoms with Crippen LogP contribution in [0.25, 0.3) is 10.9 Å². The minimum atomic E-state index is -1.04. The van der Waals surface area contributed by atoms with Crippen LogP contribution < -0.4 is 5.56 Å². The molecule has 82 valence electrons. The fraction of sp³-hybridized carbons (Fsp3) is 0.0909. The summed E-state index contributed by atoms with van der Waals surface area (Å²) < 4.78 is 0. The Bertz CT molecular complexity index is 618. The summed E-state index contributed by atoms with van der Waals surface area (Å²) in [5.74, 6) is -1.04. The normalized spacial score (nSPS) is 10.6. The van der Waals surface area contributed by atoms with Crippen LogP contribution in [0.4, 0.5) is 0 Å². The number of pyridine rings is 1. The third-order valence-corrected chi connectivity index (χ3v) is 2.56. The molecule has 0 radical (unpaired) electrons. The van der Waals surface area contributed by atoms with Gasteiger partial charge in [0.1, 0.15) is 0 Å². The zero-order valence-electron chi connectivity index (χ0n) is 8.16. The van der Waals surface area contributed by atoms with Gasteiger partial charge in [0.05, 0.1) is 17.0 Å². The predicted octanol–water partition coefficient (Wildman–Crippen LogP) is 1.81. The van der Waals surface area contributed by atoms with Crippen molar-refractivity contribution >= 4 is 28.5 Å². The van der Waals surface area contributed by atoms with Gasteiger partial charge < -0.3 is 10.1 Å². The number of benzene rings is 1. The van der Waals surface area contributed by atoms with Crippen LogP contribution in [0, 0.1) is 0 Å². The van der Waals surface area contributed by atoms with Gasteiger partial charge in [0.15, 0.2) is 0 Å². The lowest BCUT2D eigenvalue weighted by Gasteiger charge is -2.02. The fourth-order valence-electron chi connectivity index (χ4n) is 1.53. The first-order valence-corrected chi connectivity index (χ1v) is 4.98. The molecule has 0 spiro atoms. The molecule has 0 amide bonds. The number of rotatable bonds is 2. The summed E-state index contributed by atoms with van der Waals surface area (Å²) in [7, 11) is 0. The summed E-state index contributed by atoms with van der Waals surface area (Å²) in [6.07, 6.45) is -0.294. The third-order valence-electron chi connectivity index (χ3n) is 2.25. The van der Waals surface area contributed by atoms with Gasteiger partial charge in [0.2, 0.25) is 0 Å². The van der Waals surface area contributed by atoms with Crippen molar-refractivity contribution in [3.05, 3.63) is 45.2 Å². The van der Waals surface area contributed by atoms with Crippen molar-refractivity contribution in [2.45, 2.75) is 6.42 Å². The van der Waals surface area contributed by atoms with Gasteiger partial charge in [-0.1, -0.05) is 23.7 Å². The van der Waals surface area contributed by atoms with Crippen molar-refractivity contribution in [1.82, 2.24) is 4.98 Å². The van der Waals surface area contributed by atoms with Crippen LogP contribution in [0.15, 0.2) is 29.1 Å². The molecule has 0 bridgehead atoms. The van der Waals surface area contributed by atoms with E-state index in [0.29, 0.717) is 10.5 Å². The number of hydrogen-bond donors (Lipinski definition) is 2. The lowest BCUT2D eigenvalue weighted by Crippen LogP contribution is -2.15. The average Bonchev–Trinajstić information content (AvgIpc) is 2.20. The zero-order chi connectivity index (χ0) is 11.7. The van der Waals surface area contributed by atoms with Gasteiger partial charge in [-0.3, -0.25) is 9.59 Å². The SMILES string of the molecule is O=C(O)Cc1cc2cccc(Cl)c2[nH]c1=O. The molecular weight excluding hydrogens is 230 g/mol. The van der Waals surface area contributed by atoms with E-state index in [1.165, 1.54) is 0 Å². The monoisotopic (exact) mass is 237 g/mol. The van der Waals surface area contributed by atoms with E-state index in [-0.39, 0.29) is 12.0 Å². The highest BCUT2D eigenvalue weighted by atomic mass is 35.5. The molecule has 0 saturated carbocycles. The van der Waals surface area contributed by atoms with E-state index in [1.807, 2.05) is 0 Å². The number of aromatic nitrogens is 1. The maximum atomic E-state index is 11.5. The molecule has 0 aliphatic heterocycles. The van der Waals surface area contributed by atoms with Gasteiger partial charge >= 0.3 is 5.97 Å². The van der Waals surface area contributed by atoms with E-state index in [9.17, 15) is 9.59 Å². The van der Waals surface area contributed by atoms with Crippen molar-refractivity contribution in [3.63, 3.8) is 0 Å². The minimum Gasteiger partial charge on any atom is -0.481 e. The first kappa shape index (κ1) is 10.7. The van der Waals surface area contributed by atoms with Crippen LogP contribution in [0.2, 0.25) is 5.02 Å². The second-order valence-electron chi connectivity index (χ2n) is 3.40. The number of halogens is 1. The standard InChI is InChI=1S/C11H8ClNO3/c12-8-3-1-2-6-4-7(5-9(14)15)11(16)13-10(6)8/h1-4H,5H2,(H,13,16)(H,14,15). The Kier molecular flexibility index (Phi) is 2.66. The summed E-state index contributed by atoms with van der Waals surface area (Å²) >= 11 is 5.90. The highest BCUT2D eigenvalue weighted by Crippen LogP contribution is 2.20. The number of aromatic amines is 1. The Morgan fingerprint density at radius 3 is 2.88 bits per heavy atom.